The first-order valence-electron chi connectivity index (χ1n) is 6.40. The van der Waals surface area contributed by atoms with E-state index in [-0.39, 0.29) is 0 Å². The summed E-state index contributed by atoms with van der Waals surface area (Å²) in [4.78, 5) is 2.44. The Kier molecular flexibility index (Phi) is 3.69. The van der Waals surface area contributed by atoms with E-state index in [0.717, 1.165) is 6.54 Å². The summed E-state index contributed by atoms with van der Waals surface area (Å²) in [5.41, 5.74) is 7.85. The van der Waals surface area contributed by atoms with Crippen LogP contribution in [0.2, 0.25) is 0 Å². The minimum absolute atomic E-state index is 0.434. The number of anilines is 1. The van der Waals surface area contributed by atoms with Crippen molar-refractivity contribution in [3.8, 4) is 0 Å². The van der Waals surface area contributed by atoms with Gasteiger partial charge in [-0.15, -0.1) is 0 Å². The van der Waals surface area contributed by atoms with Crippen molar-refractivity contribution in [1.29, 1.82) is 0 Å². The van der Waals surface area contributed by atoms with Crippen LogP contribution in [0.25, 0.3) is 0 Å². The summed E-state index contributed by atoms with van der Waals surface area (Å²) in [7, 11) is 3.72. The van der Waals surface area contributed by atoms with Crippen LogP contribution in [0.4, 0.5) is 5.69 Å². The van der Waals surface area contributed by atoms with Crippen LogP contribution in [0.1, 0.15) is 18.4 Å². The molecule has 0 saturated carbocycles. The zero-order valence-corrected chi connectivity index (χ0v) is 10.9. The van der Waals surface area contributed by atoms with Gasteiger partial charge in [0.05, 0.1) is 0 Å². The maximum atomic E-state index is 4.50. The predicted octanol–water partition coefficient (Wildman–Crippen LogP) is 1.65. The molecule has 2 heterocycles. The maximum absolute atomic E-state index is 4.50. The largest absolute Gasteiger partial charge is 0.384 e. The Labute approximate surface area is 104 Å². The molecule has 0 amide bonds. The highest BCUT2D eigenvalue weighted by Crippen LogP contribution is 2.43. The standard InChI is InChI=1S/C13H18N2.CH5N/c1-15-8-6-13(7-9-15)10-14-12-5-3-2-4-11(12)13;1-2/h2-5,14H,6-10H2,1H3;2H2,1H3. The molecule has 1 aromatic carbocycles. The average molecular weight is 233 g/mol. The van der Waals surface area contributed by atoms with E-state index < -0.39 is 0 Å². The summed E-state index contributed by atoms with van der Waals surface area (Å²) >= 11 is 0. The first-order chi connectivity index (χ1) is 8.30. The van der Waals surface area contributed by atoms with Crippen LogP contribution in [0.5, 0.6) is 0 Å². The van der Waals surface area contributed by atoms with Crippen LogP contribution < -0.4 is 11.1 Å². The van der Waals surface area contributed by atoms with E-state index in [1.807, 2.05) is 0 Å². The van der Waals surface area contributed by atoms with Gasteiger partial charge in [0.1, 0.15) is 0 Å². The van der Waals surface area contributed by atoms with Crippen LogP contribution in [0.15, 0.2) is 24.3 Å². The van der Waals surface area contributed by atoms with E-state index in [2.05, 4.69) is 47.3 Å². The molecule has 1 aromatic rings. The van der Waals surface area contributed by atoms with Crippen molar-refractivity contribution in [3.63, 3.8) is 0 Å². The second-order valence-electron chi connectivity index (χ2n) is 4.98. The van der Waals surface area contributed by atoms with Gasteiger partial charge in [0, 0.05) is 17.6 Å². The van der Waals surface area contributed by atoms with Gasteiger partial charge in [-0.2, -0.15) is 0 Å². The van der Waals surface area contributed by atoms with Crippen LogP contribution in [0.3, 0.4) is 0 Å². The van der Waals surface area contributed by atoms with E-state index in [0.29, 0.717) is 5.41 Å². The van der Waals surface area contributed by atoms with Crippen LogP contribution in [0, 0.1) is 0 Å². The smallest absolute Gasteiger partial charge is 0.0379 e. The number of hydrogen-bond donors (Lipinski definition) is 2. The zero-order chi connectivity index (χ0) is 12.3. The van der Waals surface area contributed by atoms with Gasteiger partial charge in [-0.1, -0.05) is 18.2 Å². The number of nitrogens with zero attached hydrogens (tertiary/aromatic N) is 1. The highest BCUT2D eigenvalue weighted by molar-refractivity contribution is 5.60. The van der Waals surface area contributed by atoms with Gasteiger partial charge < -0.3 is 16.0 Å². The number of para-hydroxylation sites is 1. The summed E-state index contributed by atoms with van der Waals surface area (Å²) in [5.74, 6) is 0. The Morgan fingerprint density at radius 1 is 1.18 bits per heavy atom. The number of likely N-dealkylation sites (tertiary alicyclic amines) is 1. The Hall–Kier alpha value is -1.06. The van der Waals surface area contributed by atoms with E-state index in [1.165, 1.54) is 38.7 Å². The maximum Gasteiger partial charge on any atom is 0.0379 e. The summed E-state index contributed by atoms with van der Waals surface area (Å²) in [6.07, 6.45) is 2.60. The van der Waals surface area contributed by atoms with Crippen LogP contribution in [-0.2, 0) is 5.41 Å². The van der Waals surface area contributed by atoms with E-state index >= 15 is 0 Å². The average Bonchev–Trinajstić information content (AvgIpc) is 2.76. The third kappa shape index (κ3) is 2.17. The number of nitrogens with two attached hydrogens (primary N) is 1. The number of benzene rings is 1. The highest BCUT2D eigenvalue weighted by atomic mass is 15.1. The fraction of sp³-hybridized carbons (Fsp3) is 0.571. The number of hydrogen-bond acceptors (Lipinski definition) is 3. The number of fused-ring (bicyclic) bond motifs is 2. The normalized spacial score (nSPS) is 21.4. The van der Waals surface area contributed by atoms with Crippen molar-refractivity contribution in [2.75, 3.05) is 39.0 Å². The summed E-state index contributed by atoms with van der Waals surface area (Å²) in [6.45, 7) is 3.60. The van der Waals surface area contributed by atoms with Crippen molar-refractivity contribution < 1.29 is 0 Å². The molecule has 3 N–H and O–H groups in total. The Morgan fingerprint density at radius 2 is 1.82 bits per heavy atom. The number of nitrogens with one attached hydrogen (secondary N) is 1. The van der Waals surface area contributed by atoms with Crippen LogP contribution >= 0.6 is 0 Å². The summed E-state index contributed by atoms with van der Waals surface area (Å²) < 4.78 is 0. The van der Waals surface area contributed by atoms with Gasteiger partial charge in [-0.05, 0) is 51.7 Å². The molecule has 3 heteroatoms. The molecule has 2 aliphatic rings. The second kappa shape index (κ2) is 5.07. The van der Waals surface area contributed by atoms with Gasteiger partial charge in [0.2, 0.25) is 0 Å². The molecule has 0 aromatic heterocycles. The minimum atomic E-state index is 0.434. The molecule has 2 aliphatic heterocycles. The molecule has 17 heavy (non-hydrogen) atoms. The molecule has 0 atom stereocenters. The molecule has 0 bridgehead atoms. The Bertz CT molecular complexity index is 367. The highest BCUT2D eigenvalue weighted by Gasteiger charge is 2.40. The number of piperidine rings is 1. The molecule has 1 saturated heterocycles. The lowest BCUT2D eigenvalue weighted by molar-refractivity contribution is 0.200. The monoisotopic (exact) mass is 233 g/mol. The first-order valence-corrected chi connectivity index (χ1v) is 6.40. The topological polar surface area (TPSA) is 41.3 Å². The molecule has 0 unspecified atom stereocenters. The van der Waals surface area contributed by atoms with E-state index in [9.17, 15) is 0 Å². The predicted molar refractivity (Wildman–Crippen MR) is 73.5 cm³/mol. The summed E-state index contributed by atoms with van der Waals surface area (Å²) in [5, 5.41) is 3.56. The van der Waals surface area contributed by atoms with Gasteiger partial charge in [0.25, 0.3) is 0 Å². The van der Waals surface area contributed by atoms with Crippen molar-refractivity contribution in [2.45, 2.75) is 18.3 Å². The van der Waals surface area contributed by atoms with Gasteiger partial charge in [0.15, 0.2) is 0 Å². The van der Waals surface area contributed by atoms with Gasteiger partial charge in [-0.25, -0.2) is 0 Å². The van der Waals surface area contributed by atoms with Crippen molar-refractivity contribution in [3.05, 3.63) is 29.8 Å². The quantitative estimate of drug-likeness (QED) is 0.716. The molecular formula is C14H23N3. The SMILES string of the molecule is CN.CN1CCC2(CC1)CNc1ccccc12. The van der Waals surface area contributed by atoms with E-state index in [4.69, 9.17) is 0 Å². The second-order valence-corrected chi connectivity index (χ2v) is 4.98. The van der Waals surface area contributed by atoms with Crippen LogP contribution in [-0.4, -0.2) is 38.6 Å². The summed E-state index contributed by atoms with van der Waals surface area (Å²) in [6, 6.07) is 8.81. The molecule has 3 rings (SSSR count). The number of rotatable bonds is 0. The van der Waals surface area contributed by atoms with E-state index in [1.54, 1.807) is 5.56 Å². The zero-order valence-electron chi connectivity index (χ0n) is 10.9. The lowest BCUT2D eigenvalue weighted by atomic mass is 9.74. The Morgan fingerprint density at radius 3 is 2.53 bits per heavy atom. The first kappa shape index (κ1) is 12.4. The van der Waals surface area contributed by atoms with Gasteiger partial charge >= 0.3 is 0 Å². The fourth-order valence-corrected chi connectivity index (χ4v) is 2.95. The molecule has 0 aliphatic carbocycles. The lowest BCUT2D eigenvalue weighted by Crippen LogP contribution is -2.42. The fourth-order valence-electron chi connectivity index (χ4n) is 2.95. The third-order valence-corrected chi connectivity index (χ3v) is 4.06. The van der Waals surface area contributed by atoms with Crippen molar-refractivity contribution in [1.82, 2.24) is 4.90 Å². The molecule has 1 spiro atoms. The lowest BCUT2D eigenvalue weighted by Gasteiger charge is -2.37. The van der Waals surface area contributed by atoms with Crippen molar-refractivity contribution >= 4 is 5.69 Å². The Balaban J connectivity index is 0.000000514. The molecule has 1 fully saturated rings. The van der Waals surface area contributed by atoms with Crippen molar-refractivity contribution in [2.24, 2.45) is 5.73 Å². The third-order valence-electron chi connectivity index (χ3n) is 4.06. The molecule has 94 valence electrons. The molecular weight excluding hydrogens is 210 g/mol. The van der Waals surface area contributed by atoms with Gasteiger partial charge in [-0.3, -0.25) is 0 Å². The molecule has 0 radical (unpaired) electrons. The molecule has 3 nitrogen and oxygen atoms in total. The minimum Gasteiger partial charge on any atom is -0.384 e.